The van der Waals surface area contributed by atoms with Crippen LogP contribution in [0.5, 0.6) is 0 Å². The molecular formula is C5H9NO3. The molecule has 0 aromatic heterocycles. The van der Waals surface area contributed by atoms with Crippen LogP contribution in [0, 0.1) is 0 Å². The topological polar surface area (TPSA) is 42.1 Å². The van der Waals surface area contributed by atoms with Gasteiger partial charge in [0, 0.05) is 7.05 Å². The van der Waals surface area contributed by atoms with E-state index < -0.39 is 0 Å². The molecule has 1 atom stereocenters. The second-order valence-corrected chi connectivity index (χ2v) is 1.84. The first kappa shape index (κ1) is 6.51. The second kappa shape index (κ2) is 2.33. The fraction of sp³-hybridized carbons (Fsp3) is 0.800. The lowest BCUT2D eigenvalue weighted by atomic mass is 10.4. The zero-order valence-electron chi connectivity index (χ0n) is 5.46. The van der Waals surface area contributed by atoms with Crippen LogP contribution in [-0.2, 0) is 14.4 Å². The molecule has 1 aliphatic rings. The molecule has 4 heteroatoms. The molecule has 1 saturated heterocycles. The fourth-order valence-corrected chi connectivity index (χ4v) is 0.483. The van der Waals surface area contributed by atoms with E-state index in [2.05, 4.69) is 4.84 Å². The molecule has 0 aromatic carbocycles. The normalized spacial score (nSPS) is 23.6. The predicted molar refractivity (Wildman–Crippen MR) is 29.5 cm³/mol. The van der Waals surface area contributed by atoms with Gasteiger partial charge in [-0.25, -0.2) is 5.06 Å². The first-order chi connectivity index (χ1) is 4.25. The number of carbonyl (C=O) groups is 1. The highest BCUT2D eigenvalue weighted by Crippen LogP contribution is 2.11. The molecule has 0 spiro atoms. The maximum Gasteiger partial charge on any atom is 0.277 e. The molecule has 1 aliphatic heterocycles. The van der Waals surface area contributed by atoms with Crippen molar-refractivity contribution in [2.75, 3.05) is 20.8 Å². The average molecular weight is 131 g/mol. The van der Waals surface area contributed by atoms with Gasteiger partial charge in [0.2, 0.25) is 0 Å². The van der Waals surface area contributed by atoms with Crippen LogP contribution in [0.15, 0.2) is 0 Å². The molecule has 1 unspecified atom stereocenters. The van der Waals surface area contributed by atoms with Crippen molar-refractivity contribution in [3.05, 3.63) is 0 Å². The molecule has 0 aliphatic carbocycles. The average Bonchev–Trinajstić information content (AvgIpc) is 2.66. The third-order valence-electron chi connectivity index (χ3n) is 1.19. The zero-order chi connectivity index (χ0) is 6.85. The van der Waals surface area contributed by atoms with Crippen molar-refractivity contribution in [2.45, 2.75) is 6.10 Å². The number of likely N-dealkylation sites (N-methyl/N-ethyl adjacent to an activating group) is 1. The summed E-state index contributed by atoms with van der Waals surface area (Å²) in [4.78, 5) is 15.4. The van der Waals surface area contributed by atoms with E-state index in [1.165, 1.54) is 7.11 Å². The van der Waals surface area contributed by atoms with Crippen LogP contribution >= 0.6 is 0 Å². The minimum atomic E-state index is -0.241. The Morgan fingerprint density at radius 3 is 2.78 bits per heavy atom. The number of rotatable bonds is 2. The van der Waals surface area contributed by atoms with Gasteiger partial charge >= 0.3 is 0 Å². The monoisotopic (exact) mass is 131 g/mol. The van der Waals surface area contributed by atoms with Gasteiger partial charge in [0.25, 0.3) is 5.91 Å². The molecule has 0 N–H and O–H groups in total. The van der Waals surface area contributed by atoms with Crippen LogP contribution in [0.2, 0.25) is 0 Å². The number of carbonyl (C=O) groups excluding carboxylic acids is 1. The van der Waals surface area contributed by atoms with Crippen LogP contribution in [0.25, 0.3) is 0 Å². The number of hydroxylamine groups is 2. The van der Waals surface area contributed by atoms with Gasteiger partial charge in [-0.15, -0.1) is 0 Å². The minimum absolute atomic E-state index is 0.113. The lowest BCUT2D eigenvalue weighted by Gasteiger charge is -2.10. The van der Waals surface area contributed by atoms with E-state index >= 15 is 0 Å². The smallest absolute Gasteiger partial charge is 0.277 e. The highest BCUT2D eigenvalue weighted by Gasteiger charge is 2.33. The molecule has 0 radical (unpaired) electrons. The first-order valence-corrected chi connectivity index (χ1v) is 2.69. The summed E-state index contributed by atoms with van der Waals surface area (Å²) in [6.45, 7) is 0.534. The van der Waals surface area contributed by atoms with E-state index in [1.54, 1.807) is 7.05 Å². The Balaban J connectivity index is 2.31. The van der Waals surface area contributed by atoms with E-state index in [0.29, 0.717) is 6.61 Å². The summed E-state index contributed by atoms with van der Waals surface area (Å²) in [6, 6.07) is 0. The van der Waals surface area contributed by atoms with Gasteiger partial charge in [-0.2, -0.15) is 0 Å². The van der Waals surface area contributed by atoms with Gasteiger partial charge < -0.3 is 4.74 Å². The van der Waals surface area contributed by atoms with E-state index in [4.69, 9.17) is 4.74 Å². The summed E-state index contributed by atoms with van der Waals surface area (Å²) in [5.41, 5.74) is 0. The van der Waals surface area contributed by atoms with Crippen molar-refractivity contribution in [1.82, 2.24) is 5.06 Å². The van der Waals surface area contributed by atoms with E-state index in [-0.39, 0.29) is 12.0 Å². The Labute approximate surface area is 53.3 Å². The molecule has 0 saturated carbocycles. The van der Waals surface area contributed by atoms with Crippen molar-refractivity contribution in [1.29, 1.82) is 0 Å². The highest BCUT2D eigenvalue weighted by atomic mass is 16.7. The van der Waals surface area contributed by atoms with Crippen molar-refractivity contribution in [2.24, 2.45) is 0 Å². The molecule has 1 rings (SSSR count). The lowest BCUT2D eigenvalue weighted by molar-refractivity contribution is -0.169. The summed E-state index contributed by atoms with van der Waals surface area (Å²) in [7, 11) is 3.00. The third-order valence-corrected chi connectivity index (χ3v) is 1.19. The minimum Gasteiger partial charge on any atom is -0.363 e. The van der Waals surface area contributed by atoms with E-state index in [1.807, 2.05) is 0 Å². The summed E-state index contributed by atoms with van der Waals surface area (Å²) >= 11 is 0. The number of hydrogen-bond acceptors (Lipinski definition) is 3. The largest absolute Gasteiger partial charge is 0.363 e. The third kappa shape index (κ3) is 1.40. The molecule has 1 fully saturated rings. The van der Waals surface area contributed by atoms with Gasteiger partial charge in [-0.1, -0.05) is 0 Å². The van der Waals surface area contributed by atoms with Crippen molar-refractivity contribution in [3.8, 4) is 0 Å². The molecule has 1 heterocycles. The Hall–Kier alpha value is -0.610. The van der Waals surface area contributed by atoms with Gasteiger partial charge in [-0.3, -0.25) is 9.63 Å². The van der Waals surface area contributed by atoms with Gasteiger partial charge in [0.05, 0.1) is 13.7 Å². The Morgan fingerprint density at radius 2 is 2.44 bits per heavy atom. The van der Waals surface area contributed by atoms with Crippen LogP contribution < -0.4 is 0 Å². The first-order valence-electron chi connectivity index (χ1n) is 2.69. The summed E-state index contributed by atoms with van der Waals surface area (Å²) in [5, 5.41) is 1.16. The Bertz CT molecular complexity index is 121. The SMILES string of the molecule is CON(C)C(=O)C1CO1. The van der Waals surface area contributed by atoms with Crippen molar-refractivity contribution < 1.29 is 14.4 Å². The molecule has 0 bridgehead atoms. The second-order valence-electron chi connectivity index (χ2n) is 1.84. The maximum atomic E-state index is 10.8. The highest BCUT2D eigenvalue weighted by molar-refractivity contribution is 5.81. The number of hydrogen-bond donors (Lipinski definition) is 0. The standard InChI is InChI=1S/C5H9NO3/c1-6(8-2)5(7)4-3-9-4/h4H,3H2,1-2H3. The molecule has 4 nitrogen and oxygen atoms in total. The molecular weight excluding hydrogens is 122 g/mol. The van der Waals surface area contributed by atoms with Gasteiger partial charge in [-0.05, 0) is 0 Å². The van der Waals surface area contributed by atoms with Crippen molar-refractivity contribution in [3.63, 3.8) is 0 Å². The summed E-state index contributed by atoms with van der Waals surface area (Å²) < 4.78 is 4.72. The van der Waals surface area contributed by atoms with Crippen molar-refractivity contribution >= 4 is 5.91 Å². The summed E-state index contributed by atoms with van der Waals surface area (Å²) in [5.74, 6) is -0.113. The number of amides is 1. The van der Waals surface area contributed by atoms with Gasteiger partial charge in [0.15, 0.2) is 6.10 Å². The van der Waals surface area contributed by atoms with Crippen LogP contribution in [0.3, 0.4) is 0 Å². The molecule has 1 amide bonds. The van der Waals surface area contributed by atoms with Gasteiger partial charge in [0.1, 0.15) is 0 Å². The Kier molecular flexibility index (Phi) is 1.68. The molecule has 0 aromatic rings. The molecule has 9 heavy (non-hydrogen) atoms. The van der Waals surface area contributed by atoms with Crippen LogP contribution in [0.4, 0.5) is 0 Å². The fourth-order valence-electron chi connectivity index (χ4n) is 0.483. The number of ether oxygens (including phenoxy) is 1. The maximum absolute atomic E-state index is 10.8. The quantitative estimate of drug-likeness (QED) is 0.371. The number of epoxide rings is 1. The predicted octanol–water partition coefficient (Wildman–Crippen LogP) is -0.595. The molecule has 52 valence electrons. The zero-order valence-corrected chi connectivity index (χ0v) is 5.46. The van der Waals surface area contributed by atoms with E-state index in [0.717, 1.165) is 5.06 Å². The Morgan fingerprint density at radius 1 is 1.89 bits per heavy atom. The number of nitrogens with zero attached hydrogens (tertiary/aromatic N) is 1. The van der Waals surface area contributed by atoms with Crippen LogP contribution in [-0.4, -0.2) is 37.8 Å². The lowest BCUT2D eigenvalue weighted by Crippen LogP contribution is -2.29. The summed E-state index contributed by atoms with van der Waals surface area (Å²) in [6.07, 6.45) is -0.241. The van der Waals surface area contributed by atoms with E-state index in [9.17, 15) is 4.79 Å². The van der Waals surface area contributed by atoms with Crippen LogP contribution in [0.1, 0.15) is 0 Å².